The van der Waals surface area contributed by atoms with E-state index >= 15 is 0 Å². The topological polar surface area (TPSA) is 58.6 Å². The first kappa shape index (κ1) is 18.0. The minimum Gasteiger partial charge on any atom is -0.381 e. The first-order chi connectivity index (χ1) is 11.1. The summed E-state index contributed by atoms with van der Waals surface area (Å²) in [5.74, 6) is 0.888. The molecule has 1 aliphatic heterocycles. The lowest BCUT2D eigenvalue weighted by atomic mass is 9.85. The molecule has 0 unspecified atom stereocenters. The van der Waals surface area contributed by atoms with Gasteiger partial charge in [-0.05, 0) is 56.9 Å². The number of likely N-dealkylation sites (tertiary alicyclic amines) is 1. The van der Waals surface area contributed by atoms with E-state index in [0.717, 1.165) is 38.6 Å². The van der Waals surface area contributed by atoms with E-state index in [0.29, 0.717) is 25.1 Å². The Labute approximate surface area is 139 Å². The van der Waals surface area contributed by atoms with Gasteiger partial charge in [0.1, 0.15) is 0 Å². The summed E-state index contributed by atoms with van der Waals surface area (Å²) < 4.78 is 5.39. The maximum atomic E-state index is 12.2. The lowest BCUT2D eigenvalue weighted by Crippen LogP contribution is -2.42. The van der Waals surface area contributed by atoms with Crippen LogP contribution >= 0.6 is 0 Å². The molecule has 2 fully saturated rings. The van der Waals surface area contributed by atoms with E-state index in [2.05, 4.69) is 11.9 Å². The van der Waals surface area contributed by atoms with Crippen LogP contribution in [0.15, 0.2) is 12.7 Å². The Morgan fingerprint density at radius 1 is 1.17 bits per heavy atom. The van der Waals surface area contributed by atoms with Crippen molar-refractivity contribution in [3.8, 4) is 0 Å². The number of methoxy groups -OCH3 is 1. The summed E-state index contributed by atoms with van der Waals surface area (Å²) in [4.78, 5) is 25.5. The second-order valence-electron chi connectivity index (χ2n) is 6.76. The van der Waals surface area contributed by atoms with Gasteiger partial charge >= 0.3 is 0 Å². The Morgan fingerprint density at radius 3 is 2.39 bits per heavy atom. The Bertz CT molecular complexity index is 408. The van der Waals surface area contributed by atoms with E-state index < -0.39 is 0 Å². The minimum atomic E-state index is -0.0319. The Morgan fingerprint density at radius 2 is 1.83 bits per heavy atom. The highest BCUT2D eigenvalue weighted by molar-refractivity contribution is 5.87. The van der Waals surface area contributed by atoms with Crippen LogP contribution in [-0.2, 0) is 14.3 Å². The fraction of sp³-hybridized carbons (Fsp3) is 0.778. The predicted octanol–water partition coefficient (Wildman–Crippen LogP) is 2.12. The number of carbonyl (C=O) groups excluding carboxylic acids is 2. The van der Waals surface area contributed by atoms with E-state index in [9.17, 15) is 9.59 Å². The van der Waals surface area contributed by atoms with Crippen molar-refractivity contribution in [2.75, 3.05) is 26.7 Å². The summed E-state index contributed by atoms with van der Waals surface area (Å²) in [6.07, 6.45) is 9.05. The van der Waals surface area contributed by atoms with Crippen LogP contribution in [0.4, 0.5) is 0 Å². The number of carbonyl (C=O) groups is 2. The maximum absolute atomic E-state index is 12.2. The van der Waals surface area contributed by atoms with Gasteiger partial charge in [0.2, 0.25) is 11.8 Å². The number of ether oxygens (including phenoxy) is 1. The SMILES string of the molecule is C=CC(=O)N1CCC(C(=O)NCCC2CCC(OC)CC2)CC1. The molecule has 2 aliphatic rings. The van der Waals surface area contributed by atoms with Gasteiger partial charge in [0.05, 0.1) is 6.10 Å². The molecule has 2 amide bonds. The third-order valence-corrected chi connectivity index (χ3v) is 5.33. The molecule has 1 heterocycles. The van der Waals surface area contributed by atoms with Gasteiger partial charge in [-0.15, -0.1) is 0 Å². The van der Waals surface area contributed by atoms with Crippen molar-refractivity contribution in [1.29, 1.82) is 0 Å². The van der Waals surface area contributed by atoms with Gasteiger partial charge in [0.25, 0.3) is 0 Å². The third-order valence-electron chi connectivity index (χ3n) is 5.33. The molecule has 0 spiro atoms. The molecular formula is C18H30N2O3. The van der Waals surface area contributed by atoms with Crippen LogP contribution in [0.3, 0.4) is 0 Å². The van der Waals surface area contributed by atoms with Crippen LogP contribution in [0.25, 0.3) is 0 Å². The predicted molar refractivity (Wildman–Crippen MR) is 89.9 cm³/mol. The van der Waals surface area contributed by atoms with E-state index in [4.69, 9.17) is 4.74 Å². The molecule has 1 aliphatic carbocycles. The van der Waals surface area contributed by atoms with Crippen LogP contribution in [0, 0.1) is 11.8 Å². The summed E-state index contributed by atoms with van der Waals surface area (Å²) in [5, 5.41) is 3.09. The van der Waals surface area contributed by atoms with Gasteiger partial charge < -0.3 is 15.0 Å². The van der Waals surface area contributed by atoms with Crippen LogP contribution < -0.4 is 5.32 Å². The molecule has 130 valence electrons. The van der Waals surface area contributed by atoms with Crippen LogP contribution in [-0.4, -0.2) is 49.6 Å². The summed E-state index contributed by atoms with van der Waals surface area (Å²) >= 11 is 0. The average molecular weight is 322 g/mol. The van der Waals surface area contributed by atoms with Crippen molar-refractivity contribution in [3.63, 3.8) is 0 Å². The van der Waals surface area contributed by atoms with Crippen molar-refractivity contribution in [3.05, 3.63) is 12.7 Å². The van der Waals surface area contributed by atoms with Crippen LogP contribution in [0.5, 0.6) is 0 Å². The van der Waals surface area contributed by atoms with Crippen molar-refractivity contribution in [1.82, 2.24) is 10.2 Å². The molecule has 23 heavy (non-hydrogen) atoms. The number of nitrogens with one attached hydrogen (secondary N) is 1. The Hall–Kier alpha value is -1.36. The van der Waals surface area contributed by atoms with Gasteiger partial charge in [-0.3, -0.25) is 9.59 Å². The molecule has 1 saturated heterocycles. The molecule has 0 radical (unpaired) electrons. The van der Waals surface area contributed by atoms with E-state index in [-0.39, 0.29) is 17.7 Å². The fourth-order valence-corrected chi connectivity index (χ4v) is 3.69. The van der Waals surface area contributed by atoms with Crippen LogP contribution in [0.2, 0.25) is 0 Å². The molecule has 0 aromatic carbocycles. The molecule has 2 rings (SSSR count). The normalized spacial score (nSPS) is 25.9. The number of amides is 2. The van der Waals surface area contributed by atoms with Crippen molar-refractivity contribution in [2.24, 2.45) is 11.8 Å². The molecule has 1 saturated carbocycles. The highest BCUT2D eigenvalue weighted by atomic mass is 16.5. The van der Waals surface area contributed by atoms with Crippen molar-refractivity contribution in [2.45, 2.75) is 51.0 Å². The summed E-state index contributed by atoms with van der Waals surface area (Å²) in [6.45, 7) is 5.59. The number of hydrogen-bond acceptors (Lipinski definition) is 3. The van der Waals surface area contributed by atoms with Gasteiger partial charge in [0.15, 0.2) is 0 Å². The maximum Gasteiger partial charge on any atom is 0.245 e. The zero-order chi connectivity index (χ0) is 16.7. The lowest BCUT2D eigenvalue weighted by Gasteiger charge is -2.31. The highest BCUT2D eigenvalue weighted by Crippen LogP contribution is 2.27. The summed E-state index contributed by atoms with van der Waals surface area (Å²) in [7, 11) is 1.79. The highest BCUT2D eigenvalue weighted by Gasteiger charge is 2.26. The smallest absolute Gasteiger partial charge is 0.245 e. The molecule has 1 N–H and O–H groups in total. The largest absolute Gasteiger partial charge is 0.381 e. The zero-order valence-electron chi connectivity index (χ0n) is 14.3. The Kier molecular flexibility index (Phi) is 7.09. The first-order valence-electron chi connectivity index (χ1n) is 8.86. The lowest BCUT2D eigenvalue weighted by molar-refractivity contribution is -0.132. The van der Waals surface area contributed by atoms with Gasteiger partial charge in [0, 0.05) is 32.7 Å². The summed E-state index contributed by atoms with van der Waals surface area (Å²) in [6, 6.07) is 0. The second kappa shape index (κ2) is 9.06. The molecule has 5 nitrogen and oxygen atoms in total. The van der Waals surface area contributed by atoms with Crippen LogP contribution in [0.1, 0.15) is 44.9 Å². The van der Waals surface area contributed by atoms with Gasteiger partial charge in [-0.25, -0.2) is 0 Å². The molecule has 5 heteroatoms. The molecule has 0 aromatic rings. The molecule has 0 bridgehead atoms. The quantitative estimate of drug-likeness (QED) is 0.762. The fourth-order valence-electron chi connectivity index (χ4n) is 3.69. The zero-order valence-corrected chi connectivity index (χ0v) is 14.3. The van der Waals surface area contributed by atoms with Gasteiger partial charge in [-0.1, -0.05) is 6.58 Å². The van der Waals surface area contributed by atoms with E-state index in [1.165, 1.54) is 18.9 Å². The van der Waals surface area contributed by atoms with E-state index in [1.807, 2.05) is 0 Å². The monoisotopic (exact) mass is 322 g/mol. The Balaban J connectivity index is 1.61. The average Bonchev–Trinajstić information content (AvgIpc) is 2.61. The standard InChI is InChI=1S/C18H30N2O3/c1-3-17(21)20-12-9-15(10-13-20)18(22)19-11-8-14-4-6-16(23-2)7-5-14/h3,14-16H,1,4-13H2,2H3,(H,19,22). The van der Waals surface area contributed by atoms with Crippen molar-refractivity contribution < 1.29 is 14.3 Å². The molecule has 0 atom stereocenters. The van der Waals surface area contributed by atoms with E-state index in [1.54, 1.807) is 12.0 Å². The van der Waals surface area contributed by atoms with Crippen molar-refractivity contribution >= 4 is 11.8 Å². The number of hydrogen-bond donors (Lipinski definition) is 1. The van der Waals surface area contributed by atoms with Gasteiger partial charge in [-0.2, -0.15) is 0 Å². The minimum absolute atomic E-state index is 0.0319. The second-order valence-corrected chi connectivity index (χ2v) is 6.76. The third kappa shape index (κ3) is 5.34. The summed E-state index contributed by atoms with van der Waals surface area (Å²) in [5.41, 5.74) is 0. The number of piperidine rings is 1. The molecule has 0 aromatic heterocycles. The number of nitrogens with zero attached hydrogens (tertiary/aromatic N) is 1. The first-order valence-corrected chi connectivity index (χ1v) is 8.86. The molecular weight excluding hydrogens is 292 g/mol. The number of rotatable bonds is 6.